The zero-order valence-electron chi connectivity index (χ0n) is 24.6. The second-order valence-electron chi connectivity index (χ2n) is 11.7. The van der Waals surface area contributed by atoms with Gasteiger partial charge in [-0.05, 0) is 95.2 Å². The van der Waals surface area contributed by atoms with Gasteiger partial charge in [0.05, 0.1) is 0 Å². The Morgan fingerprint density at radius 2 is 0.711 bits per heavy atom. The van der Waals surface area contributed by atoms with Gasteiger partial charge in [-0.1, -0.05) is 146 Å². The van der Waals surface area contributed by atoms with Crippen molar-refractivity contribution < 1.29 is 0 Å². The van der Waals surface area contributed by atoms with Gasteiger partial charge < -0.3 is 0 Å². The van der Waals surface area contributed by atoms with Gasteiger partial charge in [-0.3, -0.25) is 0 Å². The van der Waals surface area contributed by atoms with Crippen LogP contribution in [0.4, 0.5) is 0 Å². The first kappa shape index (κ1) is 25.9. The Morgan fingerprint density at radius 1 is 0.267 bits per heavy atom. The first-order valence-corrected chi connectivity index (χ1v) is 16.2. The van der Waals surface area contributed by atoms with E-state index in [-0.39, 0.29) is 0 Å². The molecule has 0 saturated heterocycles. The van der Waals surface area contributed by atoms with E-state index in [4.69, 9.17) is 0 Å². The summed E-state index contributed by atoms with van der Waals surface area (Å²) < 4.78 is 0. The topological polar surface area (TPSA) is 0 Å². The summed E-state index contributed by atoms with van der Waals surface area (Å²) in [4.78, 5) is 2.59. The fraction of sp³-hybridized carbons (Fsp3) is 0. The number of fused-ring (bicyclic) bond motifs is 5. The minimum atomic E-state index is 1.24. The molecule has 1 heteroatoms. The van der Waals surface area contributed by atoms with Crippen LogP contribution in [0.25, 0.3) is 86.2 Å². The van der Waals surface area contributed by atoms with Crippen LogP contribution in [-0.2, 0) is 0 Å². The summed E-state index contributed by atoms with van der Waals surface area (Å²) in [7, 11) is 0. The van der Waals surface area contributed by atoms with Gasteiger partial charge in [0.25, 0.3) is 0 Å². The number of hydrogen-bond donors (Lipinski definition) is 0. The van der Waals surface area contributed by atoms with E-state index < -0.39 is 0 Å². The van der Waals surface area contributed by atoms with Gasteiger partial charge in [0.15, 0.2) is 0 Å². The number of rotatable bonds is 4. The molecule has 9 rings (SSSR count). The van der Waals surface area contributed by atoms with Gasteiger partial charge >= 0.3 is 0 Å². The highest BCUT2D eigenvalue weighted by molar-refractivity contribution is 7.19. The molecule has 0 amide bonds. The van der Waals surface area contributed by atoms with Gasteiger partial charge in [0, 0.05) is 15.3 Å². The fourth-order valence-corrected chi connectivity index (χ4v) is 8.03. The zero-order chi connectivity index (χ0) is 29.7. The van der Waals surface area contributed by atoms with Crippen molar-refractivity contribution in [2.24, 2.45) is 0 Å². The number of thiophene rings is 1. The van der Waals surface area contributed by atoms with E-state index in [0.29, 0.717) is 0 Å². The minimum absolute atomic E-state index is 1.24. The third-order valence-electron chi connectivity index (χ3n) is 9.08. The number of hydrogen-bond acceptors (Lipinski definition) is 1. The Balaban J connectivity index is 1.30. The Kier molecular flexibility index (Phi) is 6.11. The molecule has 0 nitrogen and oxygen atoms in total. The Bertz CT molecular complexity index is 2460. The molecule has 0 aliphatic carbocycles. The average molecular weight is 589 g/mol. The SMILES string of the molecule is c1ccc(-c2ccc3ccc4ccc(-c5c6ccccc6c(-c6ccc(-c7ccccc7)s6)c6ccccc56)cc4c3c2)cc1. The molecule has 1 heterocycles. The lowest BCUT2D eigenvalue weighted by Crippen LogP contribution is -1.90. The van der Waals surface area contributed by atoms with Gasteiger partial charge in [0.2, 0.25) is 0 Å². The second kappa shape index (κ2) is 10.6. The molecule has 0 bridgehead atoms. The molecule has 0 atom stereocenters. The van der Waals surface area contributed by atoms with Crippen LogP contribution < -0.4 is 0 Å². The summed E-state index contributed by atoms with van der Waals surface area (Å²) in [5.41, 5.74) is 7.60. The highest BCUT2D eigenvalue weighted by Gasteiger charge is 2.18. The van der Waals surface area contributed by atoms with Crippen LogP contribution in [-0.4, -0.2) is 0 Å². The maximum absolute atomic E-state index is 2.42. The van der Waals surface area contributed by atoms with Gasteiger partial charge in [0.1, 0.15) is 0 Å². The van der Waals surface area contributed by atoms with E-state index in [9.17, 15) is 0 Å². The van der Waals surface area contributed by atoms with Gasteiger partial charge in [-0.15, -0.1) is 11.3 Å². The Labute approximate surface area is 266 Å². The van der Waals surface area contributed by atoms with Crippen molar-refractivity contribution in [1.29, 1.82) is 0 Å². The molecule has 0 unspecified atom stereocenters. The van der Waals surface area contributed by atoms with E-state index in [1.807, 2.05) is 11.3 Å². The van der Waals surface area contributed by atoms with Crippen molar-refractivity contribution in [2.75, 3.05) is 0 Å². The largest absolute Gasteiger partial charge is 0.135 e. The van der Waals surface area contributed by atoms with Crippen LogP contribution in [0.5, 0.6) is 0 Å². The van der Waals surface area contributed by atoms with Crippen molar-refractivity contribution in [1.82, 2.24) is 0 Å². The lowest BCUT2D eigenvalue weighted by atomic mass is 9.87. The molecule has 0 aliphatic rings. The monoisotopic (exact) mass is 588 g/mol. The maximum atomic E-state index is 2.42. The molecule has 0 fully saturated rings. The van der Waals surface area contributed by atoms with Gasteiger partial charge in [-0.25, -0.2) is 0 Å². The predicted octanol–water partition coefficient (Wildman–Crippen LogP) is 13.0. The third kappa shape index (κ3) is 4.36. The highest BCUT2D eigenvalue weighted by atomic mass is 32.1. The van der Waals surface area contributed by atoms with Crippen LogP contribution in [0.15, 0.2) is 170 Å². The molecule has 9 aromatic rings. The van der Waals surface area contributed by atoms with Crippen molar-refractivity contribution in [3.8, 4) is 43.1 Å². The van der Waals surface area contributed by atoms with Crippen LogP contribution in [0.3, 0.4) is 0 Å². The highest BCUT2D eigenvalue weighted by Crippen LogP contribution is 2.47. The van der Waals surface area contributed by atoms with Crippen LogP contribution >= 0.6 is 11.3 Å². The lowest BCUT2D eigenvalue weighted by molar-refractivity contribution is 1.65. The molecule has 45 heavy (non-hydrogen) atoms. The summed E-state index contributed by atoms with van der Waals surface area (Å²) in [6.07, 6.45) is 0. The Morgan fingerprint density at radius 3 is 1.31 bits per heavy atom. The summed E-state index contributed by atoms with van der Waals surface area (Å²) in [6, 6.07) is 62.2. The standard InChI is InChI=1S/C44H28S/c1-3-11-29(12-4-1)33-23-21-30-19-20-31-22-24-34(28-40(31)39(30)27-33)43-35-15-7-9-17-37(35)44(38-18-10-8-16-36(38)43)42-26-25-41(45-42)32-13-5-2-6-14-32/h1-28H. The normalized spacial score (nSPS) is 11.6. The molecule has 210 valence electrons. The predicted molar refractivity (Wildman–Crippen MR) is 196 cm³/mol. The molecule has 8 aromatic carbocycles. The van der Waals surface area contributed by atoms with Crippen molar-refractivity contribution >= 4 is 54.4 Å². The molecule has 0 aliphatic heterocycles. The van der Waals surface area contributed by atoms with Crippen molar-refractivity contribution in [3.63, 3.8) is 0 Å². The van der Waals surface area contributed by atoms with Crippen LogP contribution in [0.1, 0.15) is 0 Å². The molecule has 0 radical (unpaired) electrons. The van der Waals surface area contributed by atoms with E-state index in [2.05, 4.69) is 170 Å². The van der Waals surface area contributed by atoms with Gasteiger partial charge in [-0.2, -0.15) is 0 Å². The minimum Gasteiger partial charge on any atom is -0.135 e. The summed E-state index contributed by atoms with van der Waals surface area (Å²) in [5, 5.41) is 10.2. The lowest BCUT2D eigenvalue weighted by Gasteiger charge is -2.17. The summed E-state index contributed by atoms with van der Waals surface area (Å²) in [5.74, 6) is 0. The first-order valence-electron chi connectivity index (χ1n) is 15.4. The third-order valence-corrected chi connectivity index (χ3v) is 10.2. The molecular formula is C44H28S. The van der Waals surface area contributed by atoms with Crippen molar-refractivity contribution in [3.05, 3.63) is 170 Å². The Hall–Kier alpha value is -5.50. The molecule has 0 N–H and O–H groups in total. The average Bonchev–Trinajstić information content (AvgIpc) is 3.61. The van der Waals surface area contributed by atoms with E-state index in [0.717, 1.165) is 0 Å². The van der Waals surface area contributed by atoms with E-state index in [1.165, 1.54) is 86.2 Å². The quantitative estimate of drug-likeness (QED) is 0.142. The zero-order valence-corrected chi connectivity index (χ0v) is 25.4. The van der Waals surface area contributed by atoms with Crippen LogP contribution in [0, 0.1) is 0 Å². The maximum Gasteiger partial charge on any atom is 0.0361 e. The first-order chi connectivity index (χ1) is 22.3. The van der Waals surface area contributed by atoms with E-state index in [1.54, 1.807) is 0 Å². The summed E-state index contributed by atoms with van der Waals surface area (Å²) in [6.45, 7) is 0. The molecule has 1 aromatic heterocycles. The molecular weight excluding hydrogens is 561 g/mol. The second-order valence-corrected chi connectivity index (χ2v) is 12.8. The fourth-order valence-electron chi connectivity index (χ4n) is 6.95. The number of benzene rings is 8. The molecule has 0 saturated carbocycles. The van der Waals surface area contributed by atoms with Crippen LogP contribution in [0.2, 0.25) is 0 Å². The molecule has 0 spiro atoms. The summed E-state index contributed by atoms with van der Waals surface area (Å²) >= 11 is 1.87. The van der Waals surface area contributed by atoms with E-state index >= 15 is 0 Å². The van der Waals surface area contributed by atoms with Crippen molar-refractivity contribution in [2.45, 2.75) is 0 Å². The smallest absolute Gasteiger partial charge is 0.0361 e.